The maximum absolute atomic E-state index is 12.0. The maximum Gasteiger partial charge on any atom is 0.303 e. The Kier molecular flexibility index (Phi) is 3.93. The van der Waals surface area contributed by atoms with Crippen LogP contribution in [0.2, 0.25) is 0 Å². The van der Waals surface area contributed by atoms with Crippen LogP contribution >= 0.6 is 0 Å². The molecule has 0 aliphatic heterocycles. The van der Waals surface area contributed by atoms with E-state index in [0.29, 0.717) is 0 Å². The van der Waals surface area contributed by atoms with Gasteiger partial charge in [0, 0.05) is 0 Å². The lowest BCUT2D eigenvalue weighted by Crippen LogP contribution is -2.27. The molecule has 1 rings (SSSR count). The zero-order valence-corrected chi connectivity index (χ0v) is 10.7. The average Bonchev–Trinajstić information content (AvgIpc) is 2.15. The molecule has 0 amide bonds. The Labute approximate surface area is 101 Å². The van der Waals surface area contributed by atoms with Crippen molar-refractivity contribution in [1.29, 1.82) is 0 Å². The highest BCUT2D eigenvalue weighted by molar-refractivity contribution is 7.91. The minimum atomic E-state index is -3.43. The quantitative estimate of drug-likeness (QED) is 0.874. The van der Waals surface area contributed by atoms with Crippen molar-refractivity contribution in [2.24, 2.45) is 5.41 Å². The van der Waals surface area contributed by atoms with Crippen LogP contribution in [0.5, 0.6) is 0 Å². The average molecular weight is 256 g/mol. The lowest BCUT2D eigenvalue weighted by Gasteiger charge is -2.21. The number of carboxylic acids is 1. The Hall–Kier alpha value is -1.36. The monoisotopic (exact) mass is 256 g/mol. The van der Waals surface area contributed by atoms with Crippen molar-refractivity contribution < 1.29 is 18.3 Å². The van der Waals surface area contributed by atoms with E-state index in [2.05, 4.69) is 0 Å². The van der Waals surface area contributed by atoms with Gasteiger partial charge in [-0.05, 0) is 17.5 Å². The van der Waals surface area contributed by atoms with Gasteiger partial charge in [-0.15, -0.1) is 0 Å². The molecule has 1 aromatic rings. The van der Waals surface area contributed by atoms with Crippen molar-refractivity contribution in [2.45, 2.75) is 25.2 Å². The number of sulfone groups is 1. The van der Waals surface area contributed by atoms with E-state index in [0.717, 1.165) is 0 Å². The third-order valence-corrected chi connectivity index (χ3v) is 4.46. The Morgan fingerprint density at radius 3 is 2.24 bits per heavy atom. The normalized spacial score (nSPS) is 12.4. The van der Waals surface area contributed by atoms with Crippen molar-refractivity contribution in [1.82, 2.24) is 0 Å². The summed E-state index contributed by atoms with van der Waals surface area (Å²) in [6.07, 6.45) is -0.168. The summed E-state index contributed by atoms with van der Waals surface area (Å²) in [6, 6.07) is 8.08. The second kappa shape index (κ2) is 4.87. The molecule has 94 valence electrons. The van der Waals surface area contributed by atoms with Crippen molar-refractivity contribution in [3.05, 3.63) is 30.3 Å². The third-order valence-electron chi connectivity index (χ3n) is 2.31. The van der Waals surface area contributed by atoms with Crippen LogP contribution in [0.1, 0.15) is 20.3 Å². The molecule has 0 aliphatic rings. The number of rotatable bonds is 5. The molecule has 0 heterocycles. The number of aliphatic carboxylic acids is 1. The molecule has 0 fully saturated rings. The highest BCUT2D eigenvalue weighted by Gasteiger charge is 2.29. The second-order valence-corrected chi connectivity index (χ2v) is 6.80. The highest BCUT2D eigenvalue weighted by atomic mass is 32.2. The van der Waals surface area contributed by atoms with Crippen LogP contribution in [0.4, 0.5) is 0 Å². The largest absolute Gasteiger partial charge is 0.481 e. The van der Waals surface area contributed by atoms with Gasteiger partial charge in [0.25, 0.3) is 0 Å². The minimum Gasteiger partial charge on any atom is -0.481 e. The van der Waals surface area contributed by atoms with E-state index < -0.39 is 21.2 Å². The van der Waals surface area contributed by atoms with Gasteiger partial charge in [0.1, 0.15) is 0 Å². The molecule has 0 aromatic heterocycles. The summed E-state index contributed by atoms with van der Waals surface area (Å²) in [5, 5.41) is 8.72. The molecular formula is C12H16O4S. The van der Waals surface area contributed by atoms with Gasteiger partial charge in [0.15, 0.2) is 9.84 Å². The minimum absolute atomic E-state index is 0.168. The molecule has 0 saturated carbocycles. The number of carbonyl (C=O) groups is 1. The van der Waals surface area contributed by atoms with Gasteiger partial charge in [0.2, 0.25) is 0 Å². The summed E-state index contributed by atoms with van der Waals surface area (Å²) in [5.41, 5.74) is -0.777. The number of hydrogen-bond acceptors (Lipinski definition) is 3. The molecule has 17 heavy (non-hydrogen) atoms. The van der Waals surface area contributed by atoms with Gasteiger partial charge in [-0.1, -0.05) is 32.0 Å². The number of hydrogen-bond donors (Lipinski definition) is 1. The standard InChI is InChI=1S/C12H16O4S/c1-12(2,8-11(13)14)9-17(15,16)10-6-4-3-5-7-10/h3-7H,8-9H2,1-2H3,(H,13,14). The summed E-state index contributed by atoms with van der Waals surface area (Å²) in [4.78, 5) is 10.9. The summed E-state index contributed by atoms with van der Waals surface area (Å²) < 4.78 is 24.1. The first-order chi connectivity index (χ1) is 7.73. The fraction of sp³-hybridized carbons (Fsp3) is 0.417. The van der Waals surface area contributed by atoms with Crippen LogP contribution in [0.3, 0.4) is 0 Å². The molecule has 5 heteroatoms. The molecule has 1 N–H and O–H groups in total. The van der Waals surface area contributed by atoms with Crippen molar-refractivity contribution in [2.75, 3.05) is 5.75 Å². The summed E-state index contributed by atoms with van der Waals surface area (Å²) in [7, 11) is -3.43. The smallest absolute Gasteiger partial charge is 0.303 e. The Balaban J connectivity index is 2.91. The van der Waals surface area contributed by atoms with E-state index in [1.54, 1.807) is 32.0 Å². The van der Waals surface area contributed by atoms with Crippen LogP contribution in [-0.4, -0.2) is 25.2 Å². The van der Waals surface area contributed by atoms with Gasteiger partial charge in [-0.25, -0.2) is 8.42 Å². The van der Waals surface area contributed by atoms with Gasteiger partial charge in [-0.3, -0.25) is 4.79 Å². The first-order valence-corrected chi connectivity index (χ1v) is 6.88. The van der Waals surface area contributed by atoms with Gasteiger partial charge in [0.05, 0.1) is 17.1 Å². The first-order valence-electron chi connectivity index (χ1n) is 5.23. The number of benzene rings is 1. The zero-order chi connectivity index (χ0) is 13.1. The van der Waals surface area contributed by atoms with Crippen LogP contribution in [0.25, 0.3) is 0 Å². The van der Waals surface area contributed by atoms with Crippen molar-refractivity contribution in [3.8, 4) is 0 Å². The van der Waals surface area contributed by atoms with Gasteiger partial charge < -0.3 is 5.11 Å². The lowest BCUT2D eigenvalue weighted by molar-refractivity contribution is -0.138. The van der Waals surface area contributed by atoms with E-state index in [1.807, 2.05) is 0 Å². The van der Waals surface area contributed by atoms with Crippen molar-refractivity contribution in [3.63, 3.8) is 0 Å². The Morgan fingerprint density at radius 2 is 1.76 bits per heavy atom. The molecule has 0 spiro atoms. The predicted octanol–water partition coefficient (Wildman–Crippen LogP) is 1.96. The van der Waals surface area contributed by atoms with Crippen LogP contribution in [-0.2, 0) is 14.6 Å². The lowest BCUT2D eigenvalue weighted by atomic mass is 9.92. The van der Waals surface area contributed by atoms with Crippen LogP contribution < -0.4 is 0 Å². The van der Waals surface area contributed by atoms with E-state index in [4.69, 9.17) is 5.11 Å². The molecule has 0 saturated heterocycles. The van der Waals surface area contributed by atoms with Crippen molar-refractivity contribution >= 4 is 15.8 Å². The highest BCUT2D eigenvalue weighted by Crippen LogP contribution is 2.26. The molecule has 1 aromatic carbocycles. The Morgan fingerprint density at radius 1 is 1.24 bits per heavy atom. The summed E-state index contributed by atoms with van der Waals surface area (Å²) in [6.45, 7) is 3.28. The molecule has 4 nitrogen and oxygen atoms in total. The van der Waals surface area contributed by atoms with E-state index in [9.17, 15) is 13.2 Å². The van der Waals surface area contributed by atoms with Gasteiger partial charge in [-0.2, -0.15) is 0 Å². The van der Waals surface area contributed by atoms with Gasteiger partial charge >= 0.3 is 5.97 Å². The number of carboxylic acid groups (broad SMARTS) is 1. The van der Waals surface area contributed by atoms with Crippen LogP contribution in [0.15, 0.2) is 35.2 Å². The summed E-state index contributed by atoms with van der Waals surface area (Å²) >= 11 is 0. The molecule has 0 bridgehead atoms. The fourth-order valence-electron chi connectivity index (χ4n) is 1.69. The maximum atomic E-state index is 12.0. The molecule has 0 radical (unpaired) electrons. The predicted molar refractivity (Wildman–Crippen MR) is 64.5 cm³/mol. The fourth-order valence-corrected chi connectivity index (χ4v) is 3.56. The van der Waals surface area contributed by atoms with E-state index in [1.165, 1.54) is 12.1 Å². The second-order valence-electron chi connectivity index (χ2n) is 4.81. The molecule has 0 aliphatic carbocycles. The zero-order valence-electron chi connectivity index (χ0n) is 9.88. The Bertz CT molecular complexity index is 488. The third kappa shape index (κ3) is 4.19. The molecular weight excluding hydrogens is 240 g/mol. The summed E-state index contributed by atoms with van der Waals surface area (Å²) in [5.74, 6) is -1.16. The molecule has 0 atom stereocenters. The van der Waals surface area contributed by atoms with E-state index in [-0.39, 0.29) is 17.1 Å². The molecule has 0 unspecified atom stereocenters. The van der Waals surface area contributed by atoms with E-state index >= 15 is 0 Å². The first kappa shape index (κ1) is 13.7. The topological polar surface area (TPSA) is 71.4 Å². The van der Waals surface area contributed by atoms with Crippen LogP contribution in [0, 0.1) is 5.41 Å². The SMILES string of the molecule is CC(C)(CC(=O)O)CS(=O)(=O)c1ccccc1.